The summed E-state index contributed by atoms with van der Waals surface area (Å²) in [4.78, 5) is 3.88. The predicted octanol–water partition coefficient (Wildman–Crippen LogP) is 3.90. The smallest absolute Gasteiger partial charge is 0.184 e. The molecule has 0 aliphatic carbocycles. The van der Waals surface area contributed by atoms with Crippen molar-refractivity contribution in [3.8, 4) is 11.8 Å². The van der Waals surface area contributed by atoms with Gasteiger partial charge in [-0.3, -0.25) is 4.57 Å². The third-order valence-corrected chi connectivity index (χ3v) is 5.86. The molecule has 1 N–H and O–H groups in total. The summed E-state index contributed by atoms with van der Waals surface area (Å²) in [6, 6.07) is 11.2. The van der Waals surface area contributed by atoms with Crippen LogP contribution in [0, 0.1) is 27.7 Å². The van der Waals surface area contributed by atoms with E-state index in [1.54, 1.807) is 52.7 Å². The van der Waals surface area contributed by atoms with Gasteiger partial charge in [-0.1, -0.05) is 6.07 Å². The molecule has 0 aliphatic heterocycles. The van der Waals surface area contributed by atoms with Gasteiger partial charge in [-0.25, -0.2) is 18.4 Å². The van der Waals surface area contributed by atoms with Gasteiger partial charge in [0.15, 0.2) is 4.77 Å². The summed E-state index contributed by atoms with van der Waals surface area (Å²) in [6.07, 6.45) is 6.11. The van der Waals surface area contributed by atoms with Crippen LogP contribution in [-0.4, -0.2) is 29.0 Å². The van der Waals surface area contributed by atoms with Crippen molar-refractivity contribution in [3.63, 3.8) is 0 Å². The molecule has 2 aromatic heterocycles. The second-order valence-electron chi connectivity index (χ2n) is 7.33. The van der Waals surface area contributed by atoms with E-state index < -0.39 is 23.3 Å². The molecule has 0 radical (unpaired) electrons. The Morgan fingerprint density at radius 1 is 1.19 bits per heavy atom. The first-order valence-electron chi connectivity index (χ1n) is 9.64. The van der Waals surface area contributed by atoms with Crippen LogP contribution in [0.4, 0.5) is 8.78 Å². The van der Waals surface area contributed by atoms with Crippen LogP contribution in [0.25, 0.3) is 5.69 Å². The molecule has 4 rings (SSSR count). The third-order valence-electron chi connectivity index (χ3n) is 5.45. The summed E-state index contributed by atoms with van der Waals surface area (Å²) in [5.74, 6) is -1.62. The first-order valence-corrected chi connectivity index (χ1v) is 10.0. The number of aromatic nitrogens is 5. The van der Waals surface area contributed by atoms with Crippen molar-refractivity contribution >= 4 is 12.2 Å². The Bertz CT molecular complexity index is 1340. The van der Waals surface area contributed by atoms with Crippen molar-refractivity contribution in [1.29, 1.82) is 5.26 Å². The Hall–Kier alpha value is -3.68. The molecular weight excluding hydrogens is 434 g/mol. The summed E-state index contributed by atoms with van der Waals surface area (Å²) in [6.45, 7) is 1.55. The van der Waals surface area contributed by atoms with Crippen LogP contribution in [0.1, 0.15) is 24.1 Å². The fraction of sp³-hybridized carbons (Fsp3) is 0.182. The highest BCUT2D eigenvalue weighted by Gasteiger charge is 2.40. The average Bonchev–Trinajstić information content (AvgIpc) is 3.42. The van der Waals surface area contributed by atoms with Gasteiger partial charge in [0.2, 0.25) is 0 Å². The van der Waals surface area contributed by atoms with Crippen molar-refractivity contribution in [2.45, 2.75) is 25.1 Å². The molecule has 0 saturated carbocycles. The molecule has 7 nitrogen and oxygen atoms in total. The van der Waals surface area contributed by atoms with Crippen molar-refractivity contribution in [3.05, 3.63) is 95.0 Å². The van der Waals surface area contributed by atoms with Gasteiger partial charge in [0, 0.05) is 29.7 Å². The van der Waals surface area contributed by atoms with Crippen molar-refractivity contribution in [1.82, 2.24) is 23.9 Å². The zero-order chi connectivity index (χ0) is 22.9. The van der Waals surface area contributed by atoms with E-state index in [1.807, 2.05) is 0 Å². The topological polar surface area (TPSA) is 84.6 Å². The zero-order valence-corrected chi connectivity index (χ0v) is 17.7. The lowest BCUT2D eigenvalue weighted by Crippen LogP contribution is -2.40. The normalized spacial score (nSPS) is 14.0. The van der Waals surface area contributed by atoms with Gasteiger partial charge >= 0.3 is 0 Å². The molecule has 0 fully saturated rings. The number of nitrogens with zero attached hydrogens (tertiary/aromatic N) is 6. The lowest BCUT2D eigenvalue weighted by molar-refractivity contribution is -0.0336. The van der Waals surface area contributed by atoms with Gasteiger partial charge in [0.05, 0.1) is 24.2 Å². The van der Waals surface area contributed by atoms with E-state index in [9.17, 15) is 13.9 Å². The van der Waals surface area contributed by atoms with Crippen LogP contribution in [-0.2, 0) is 12.1 Å². The maximum Gasteiger partial charge on any atom is 0.184 e. The van der Waals surface area contributed by atoms with E-state index in [1.165, 1.54) is 23.4 Å². The lowest BCUT2D eigenvalue weighted by atomic mass is 9.86. The van der Waals surface area contributed by atoms with E-state index in [0.29, 0.717) is 10.3 Å². The van der Waals surface area contributed by atoms with Crippen LogP contribution in [0.15, 0.2) is 67.5 Å². The molecule has 0 amide bonds. The Kier molecular flexibility index (Phi) is 5.69. The second kappa shape index (κ2) is 8.45. The highest BCUT2D eigenvalue weighted by Crippen LogP contribution is 2.37. The molecule has 0 saturated heterocycles. The van der Waals surface area contributed by atoms with Gasteiger partial charge in [-0.05, 0) is 49.5 Å². The van der Waals surface area contributed by atoms with Crippen molar-refractivity contribution in [2.24, 2.45) is 0 Å². The van der Waals surface area contributed by atoms with Gasteiger partial charge in [0.25, 0.3) is 0 Å². The highest BCUT2D eigenvalue weighted by molar-refractivity contribution is 7.71. The molecular formula is C22H18F2N6OS. The number of imidazole rings is 1. The predicted molar refractivity (Wildman–Crippen MR) is 114 cm³/mol. The molecule has 10 heteroatoms. The van der Waals surface area contributed by atoms with Gasteiger partial charge in [-0.2, -0.15) is 10.4 Å². The molecule has 0 aliphatic rings. The monoisotopic (exact) mass is 452 g/mol. The largest absolute Gasteiger partial charge is 0.381 e. The maximum absolute atomic E-state index is 14.8. The van der Waals surface area contributed by atoms with E-state index in [0.717, 1.165) is 17.8 Å². The first kappa shape index (κ1) is 21.5. The van der Waals surface area contributed by atoms with E-state index in [4.69, 9.17) is 17.5 Å². The number of nitriles is 1. The van der Waals surface area contributed by atoms with Gasteiger partial charge in [-0.15, -0.1) is 0 Å². The fourth-order valence-corrected chi connectivity index (χ4v) is 4.04. The van der Waals surface area contributed by atoms with Gasteiger partial charge < -0.3 is 9.67 Å². The third kappa shape index (κ3) is 3.84. The van der Waals surface area contributed by atoms with Crippen molar-refractivity contribution < 1.29 is 13.9 Å². The zero-order valence-electron chi connectivity index (χ0n) is 16.9. The number of hydrogen-bond donors (Lipinski definition) is 1. The Balaban J connectivity index is 1.79. The van der Waals surface area contributed by atoms with Crippen molar-refractivity contribution in [2.75, 3.05) is 0 Å². The minimum atomic E-state index is -1.83. The van der Waals surface area contributed by atoms with Crippen LogP contribution >= 0.6 is 12.2 Å². The van der Waals surface area contributed by atoms with Gasteiger partial charge in [0.1, 0.15) is 29.9 Å². The molecule has 162 valence electrons. The summed E-state index contributed by atoms with van der Waals surface area (Å²) >= 11 is 5.63. The average molecular weight is 452 g/mol. The first-order chi connectivity index (χ1) is 15.3. The van der Waals surface area contributed by atoms with Crippen LogP contribution in [0.5, 0.6) is 0 Å². The Labute approximate surface area is 187 Å². The summed E-state index contributed by atoms with van der Waals surface area (Å²) < 4.78 is 33.4. The molecule has 2 aromatic carbocycles. The van der Waals surface area contributed by atoms with E-state index in [2.05, 4.69) is 16.2 Å². The molecule has 0 bridgehead atoms. The fourth-order valence-electron chi connectivity index (χ4n) is 3.65. The minimum Gasteiger partial charge on any atom is -0.381 e. The number of aliphatic hydroxyl groups is 1. The molecule has 2 atom stereocenters. The summed E-state index contributed by atoms with van der Waals surface area (Å²) in [5.41, 5.74) is -0.676. The highest BCUT2D eigenvalue weighted by atomic mass is 32.1. The molecule has 32 heavy (non-hydrogen) atoms. The second-order valence-corrected chi connectivity index (χ2v) is 7.70. The molecule has 0 spiro atoms. The van der Waals surface area contributed by atoms with Crippen LogP contribution < -0.4 is 0 Å². The summed E-state index contributed by atoms with van der Waals surface area (Å²) in [5, 5.41) is 24.8. The number of halogens is 2. The standard InChI is InChI=1S/C22H18F2N6OS/c1-15(29-8-9-30(21(29)32)18-5-2-16(11-25)3-6-18)22(31,12-28-14-26-13-27-28)19-7-4-17(23)10-20(19)24/h2-10,13-15,31H,12H2,1H3/t15-,22-/m0/s1. The lowest BCUT2D eigenvalue weighted by Gasteiger charge is -2.35. The quantitative estimate of drug-likeness (QED) is 0.449. The Morgan fingerprint density at radius 3 is 2.56 bits per heavy atom. The van der Waals surface area contributed by atoms with E-state index in [-0.39, 0.29) is 12.1 Å². The maximum atomic E-state index is 14.8. The molecule has 2 heterocycles. The minimum absolute atomic E-state index is 0.0880. The molecule has 4 aromatic rings. The Morgan fingerprint density at radius 2 is 1.94 bits per heavy atom. The molecule has 0 unspecified atom stereocenters. The summed E-state index contributed by atoms with van der Waals surface area (Å²) in [7, 11) is 0. The number of rotatable bonds is 6. The van der Waals surface area contributed by atoms with Crippen LogP contribution in [0.3, 0.4) is 0 Å². The SMILES string of the molecule is C[C@H](n1ccn(-c2ccc(C#N)cc2)c1=S)[C@@](O)(Cn1cncn1)c1ccc(F)cc1F. The number of benzene rings is 2. The van der Waals surface area contributed by atoms with Crippen LogP contribution in [0.2, 0.25) is 0 Å². The number of hydrogen-bond acceptors (Lipinski definition) is 5. The van der Waals surface area contributed by atoms with E-state index >= 15 is 0 Å².